The number of methoxy groups -OCH3 is 2. The van der Waals surface area contributed by atoms with Gasteiger partial charge in [-0.15, -0.1) is 0 Å². The maximum Gasteiger partial charge on any atom is 0.161 e. The SMILES string of the molecule is COc1cc(NC2=NC(C(C)C)CS2)cc(OC)c1. The van der Waals surface area contributed by atoms with Crippen molar-refractivity contribution in [2.45, 2.75) is 19.9 Å². The van der Waals surface area contributed by atoms with Crippen LogP contribution in [0.1, 0.15) is 13.8 Å². The fourth-order valence-corrected chi connectivity index (χ4v) is 2.99. The summed E-state index contributed by atoms with van der Waals surface area (Å²) >= 11 is 1.76. The number of hydrogen-bond acceptors (Lipinski definition) is 5. The number of anilines is 1. The van der Waals surface area contributed by atoms with Crippen LogP contribution in [0.2, 0.25) is 0 Å². The molecule has 0 amide bonds. The maximum atomic E-state index is 5.25. The summed E-state index contributed by atoms with van der Waals surface area (Å²) in [4.78, 5) is 4.68. The van der Waals surface area contributed by atoms with Gasteiger partial charge in [0.1, 0.15) is 11.5 Å². The van der Waals surface area contributed by atoms with Crippen LogP contribution in [0.15, 0.2) is 23.2 Å². The summed E-state index contributed by atoms with van der Waals surface area (Å²) < 4.78 is 10.5. The first-order chi connectivity index (χ1) is 9.12. The lowest BCUT2D eigenvalue weighted by Crippen LogP contribution is -2.12. The van der Waals surface area contributed by atoms with Crippen LogP contribution in [0.4, 0.5) is 5.69 Å². The molecular formula is C14H20N2O2S. The minimum atomic E-state index is 0.403. The van der Waals surface area contributed by atoms with Gasteiger partial charge in [-0.3, -0.25) is 4.99 Å². The summed E-state index contributed by atoms with van der Waals surface area (Å²) in [5.74, 6) is 3.16. The van der Waals surface area contributed by atoms with Gasteiger partial charge in [0.2, 0.25) is 0 Å². The van der Waals surface area contributed by atoms with Crippen molar-refractivity contribution in [1.29, 1.82) is 0 Å². The molecule has 1 atom stereocenters. The van der Waals surface area contributed by atoms with Gasteiger partial charge in [-0.1, -0.05) is 25.6 Å². The van der Waals surface area contributed by atoms with Crippen LogP contribution in [-0.4, -0.2) is 31.2 Å². The quantitative estimate of drug-likeness (QED) is 0.919. The van der Waals surface area contributed by atoms with Crippen LogP contribution in [0, 0.1) is 5.92 Å². The van der Waals surface area contributed by atoms with E-state index in [0.717, 1.165) is 28.1 Å². The van der Waals surface area contributed by atoms with E-state index >= 15 is 0 Å². The number of nitrogens with zero attached hydrogens (tertiary/aromatic N) is 1. The number of thioether (sulfide) groups is 1. The topological polar surface area (TPSA) is 42.8 Å². The van der Waals surface area contributed by atoms with Gasteiger partial charge in [0.05, 0.1) is 20.3 Å². The molecule has 1 N–H and O–H groups in total. The Bertz CT molecular complexity index is 452. The van der Waals surface area contributed by atoms with E-state index in [4.69, 9.17) is 9.47 Å². The third-order valence-corrected chi connectivity index (χ3v) is 4.04. The van der Waals surface area contributed by atoms with Gasteiger partial charge < -0.3 is 14.8 Å². The van der Waals surface area contributed by atoms with Gasteiger partial charge in [-0.2, -0.15) is 0 Å². The van der Waals surface area contributed by atoms with Crippen LogP contribution in [-0.2, 0) is 0 Å². The van der Waals surface area contributed by atoms with Crippen molar-refractivity contribution in [3.63, 3.8) is 0 Å². The third kappa shape index (κ3) is 3.56. The van der Waals surface area contributed by atoms with E-state index in [9.17, 15) is 0 Å². The zero-order chi connectivity index (χ0) is 13.8. The second-order valence-electron chi connectivity index (χ2n) is 4.78. The summed E-state index contributed by atoms with van der Waals surface area (Å²) in [6, 6.07) is 6.13. The van der Waals surface area contributed by atoms with Crippen LogP contribution in [0.5, 0.6) is 11.5 Å². The molecule has 0 bridgehead atoms. The molecule has 5 heteroatoms. The molecule has 19 heavy (non-hydrogen) atoms. The monoisotopic (exact) mass is 280 g/mol. The Kier molecular flexibility index (Phi) is 4.58. The Morgan fingerprint density at radius 3 is 2.32 bits per heavy atom. The van der Waals surface area contributed by atoms with Crippen LogP contribution in [0.3, 0.4) is 0 Å². The zero-order valence-electron chi connectivity index (χ0n) is 11.8. The maximum absolute atomic E-state index is 5.25. The summed E-state index contributed by atoms with van der Waals surface area (Å²) in [5.41, 5.74) is 0.937. The first-order valence-corrected chi connectivity index (χ1v) is 7.31. The van der Waals surface area contributed by atoms with Crippen molar-refractivity contribution < 1.29 is 9.47 Å². The highest BCUT2D eigenvalue weighted by Crippen LogP contribution is 2.29. The lowest BCUT2D eigenvalue weighted by Gasteiger charge is -2.10. The lowest BCUT2D eigenvalue weighted by atomic mass is 10.1. The average Bonchev–Trinajstić information content (AvgIpc) is 2.87. The normalized spacial score (nSPS) is 18.4. The average molecular weight is 280 g/mol. The summed E-state index contributed by atoms with van der Waals surface area (Å²) in [7, 11) is 3.30. The molecular weight excluding hydrogens is 260 g/mol. The van der Waals surface area contributed by atoms with Crippen LogP contribution in [0.25, 0.3) is 0 Å². The fraction of sp³-hybridized carbons (Fsp3) is 0.500. The number of aliphatic imine (C=N–C) groups is 1. The molecule has 0 saturated heterocycles. The number of rotatable bonds is 4. The highest BCUT2D eigenvalue weighted by Gasteiger charge is 2.21. The van der Waals surface area contributed by atoms with Gasteiger partial charge in [-0.05, 0) is 5.92 Å². The second-order valence-corrected chi connectivity index (χ2v) is 5.79. The van der Waals surface area contributed by atoms with Gasteiger partial charge in [0, 0.05) is 29.6 Å². The Labute approximate surface area is 118 Å². The largest absolute Gasteiger partial charge is 0.497 e. The smallest absolute Gasteiger partial charge is 0.161 e. The Hall–Kier alpha value is -1.36. The fourth-order valence-electron chi connectivity index (χ4n) is 1.80. The van der Waals surface area contributed by atoms with Gasteiger partial charge in [-0.25, -0.2) is 0 Å². The summed E-state index contributed by atoms with van der Waals surface area (Å²) in [5, 5.41) is 4.29. The van der Waals surface area contributed by atoms with Gasteiger partial charge >= 0.3 is 0 Å². The molecule has 0 aliphatic carbocycles. The first-order valence-electron chi connectivity index (χ1n) is 6.33. The number of amidine groups is 1. The minimum absolute atomic E-state index is 0.403. The first kappa shape index (κ1) is 14.1. The van der Waals surface area contributed by atoms with Crippen molar-refractivity contribution in [2.24, 2.45) is 10.9 Å². The van der Waals surface area contributed by atoms with Gasteiger partial charge in [0.15, 0.2) is 5.17 Å². The number of hydrogen-bond donors (Lipinski definition) is 1. The van der Waals surface area contributed by atoms with Crippen molar-refractivity contribution >= 4 is 22.6 Å². The van der Waals surface area contributed by atoms with E-state index in [1.54, 1.807) is 26.0 Å². The Morgan fingerprint density at radius 1 is 1.21 bits per heavy atom. The van der Waals surface area contributed by atoms with Crippen molar-refractivity contribution in [3.8, 4) is 11.5 Å². The predicted octanol–water partition coefficient (Wildman–Crippen LogP) is 3.24. The molecule has 0 fully saturated rings. The molecule has 1 aliphatic heterocycles. The van der Waals surface area contributed by atoms with E-state index < -0.39 is 0 Å². The molecule has 0 radical (unpaired) electrons. The molecule has 4 nitrogen and oxygen atoms in total. The zero-order valence-corrected chi connectivity index (χ0v) is 12.6. The van der Waals surface area contributed by atoms with E-state index in [0.29, 0.717) is 12.0 Å². The highest BCUT2D eigenvalue weighted by atomic mass is 32.2. The Balaban J connectivity index is 2.13. The molecule has 2 rings (SSSR count). The van der Waals surface area contributed by atoms with Crippen molar-refractivity contribution in [1.82, 2.24) is 0 Å². The molecule has 1 unspecified atom stereocenters. The molecule has 0 aromatic heterocycles. The van der Waals surface area contributed by atoms with E-state index in [1.807, 2.05) is 18.2 Å². The molecule has 104 valence electrons. The molecule has 1 aromatic carbocycles. The standard InChI is InChI=1S/C14H20N2O2S/c1-9(2)13-8-19-14(16-13)15-10-5-11(17-3)7-12(6-10)18-4/h5-7,9,13H,8H2,1-4H3,(H,15,16). The lowest BCUT2D eigenvalue weighted by molar-refractivity contribution is 0.395. The second kappa shape index (κ2) is 6.19. The van der Waals surface area contributed by atoms with E-state index in [1.165, 1.54) is 0 Å². The summed E-state index contributed by atoms with van der Waals surface area (Å²) in [6.07, 6.45) is 0. The van der Waals surface area contributed by atoms with Crippen molar-refractivity contribution in [2.75, 3.05) is 25.3 Å². The molecule has 0 spiro atoms. The predicted molar refractivity (Wildman–Crippen MR) is 81.7 cm³/mol. The third-order valence-electron chi connectivity index (χ3n) is 3.05. The van der Waals surface area contributed by atoms with Crippen LogP contribution >= 0.6 is 11.8 Å². The number of ether oxygens (including phenoxy) is 2. The van der Waals surface area contributed by atoms with Crippen LogP contribution < -0.4 is 14.8 Å². The van der Waals surface area contributed by atoms with Gasteiger partial charge in [0.25, 0.3) is 0 Å². The Morgan fingerprint density at radius 2 is 1.84 bits per heavy atom. The molecule has 0 saturated carbocycles. The van der Waals surface area contributed by atoms with Crippen molar-refractivity contribution in [3.05, 3.63) is 18.2 Å². The number of nitrogens with one attached hydrogen (secondary N) is 1. The van der Waals surface area contributed by atoms with E-state index in [2.05, 4.69) is 24.2 Å². The highest BCUT2D eigenvalue weighted by molar-refractivity contribution is 8.14. The minimum Gasteiger partial charge on any atom is -0.497 e. The van der Waals surface area contributed by atoms with E-state index in [-0.39, 0.29) is 0 Å². The summed E-state index contributed by atoms with van der Waals surface area (Å²) in [6.45, 7) is 4.40. The molecule has 1 heterocycles. The number of benzene rings is 1. The molecule has 1 aromatic rings. The molecule has 1 aliphatic rings.